The average Bonchev–Trinajstić information content (AvgIpc) is 2.80. The molecule has 0 aliphatic heterocycles. The van der Waals surface area contributed by atoms with E-state index >= 15 is 0 Å². The summed E-state index contributed by atoms with van der Waals surface area (Å²) in [5.41, 5.74) is 2.59. The van der Waals surface area contributed by atoms with Gasteiger partial charge in [-0.25, -0.2) is 9.97 Å². The van der Waals surface area contributed by atoms with Crippen molar-refractivity contribution in [1.82, 2.24) is 15.0 Å². The van der Waals surface area contributed by atoms with Crippen LogP contribution < -0.4 is 10.2 Å². The average molecular weight is 397 g/mol. The number of amides is 1. The van der Waals surface area contributed by atoms with Crippen LogP contribution in [0.5, 0.6) is 0 Å². The Morgan fingerprint density at radius 2 is 1.70 bits per heavy atom. The van der Waals surface area contributed by atoms with E-state index in [2.05, 4.69) is 34.0 Å². The lowest BCUT2D eigenvalue weighted by molar-refractivity contribution is 0.102. The van der Waals surface area contributed by atoms with Crippen LogP contribution in [0.15, 0.2) is 72.9 Å². The van der Waals surface area contributed by atoms with E-state index in [0.717, 1.165) is 35.4 Å². The van der Waals surface area contributed by atoms with Gasteiger partial charge in [0.2, 0.25) is 0 Å². The zero-order chi connectivity index (χ0) is 20.9. The van der Waals surface area contributed by atoms with Gasteiger partial charge in [0.05, 0.1) is 11.2 Å². The molecule has 0 atom stereocenters. The minimum absolute atomic E-state index is 0.291. The van der Waals surface area contributed by atoms with Crippen molar-refractivity contribution in [3.05, 3.63) is 78.6 Å². The van der Waals surface area contributed by atoms with E-state index in [0.29, 0.717) is 17.2 Å². The Labute approximate surface area is 175 Å². The molecule has 0 bridgehead atoms. The van der Waals surface area contributed by atoms with E-state index in [4.69, 9.17) is 4.98 Å². The minimum Gasteiger partial charge on any atom is -0.357 e. The molecule has 4 rings (SSSR count). The Morgan fingerprint density at radius 3 is 2.47 bits per heavy atom. The molecule has 0 fully saturated rings. The zero-order valence-corrected chi connectivity index (χ0v) is 17.0. The number of rotatable bonds is 6. The molecule has 0 aliphatic carbocycles. The van der Waals surface area contributed by atoms with Crippen molar-refractivity contribution < 1.29 is 4.79 Å². The minimum atomic E-state index is -0.291. The van der Waals surface area contributed by atoms with Crippen LogP contribution in [-0.4, -0.2) is 33.9 Å². The van der Waals surface area contributed by atoms with E-state index < -0.39 is 0 Å². The molecular weight excluding hydrogens is 374 g/mol. The molecule has 0 unspecified atom stereocenters. The summed E-state index contributed by atoms with van der Waals surface area (Å²) in [7, 11) is 0. The maximum absolute atomic E-state index is 13.1. The first-order valence-electron chi connectivity index (χ1n) is 10.0. The summed E-state index contributed by atoms with van der Waals surface area (Å²) in [6, 6.07) is 21.0. The molecule has 4 aromatic rings. The van der Waals surface area contributed by atoms with E-state index in [1.165, 1.54) is 0 Å². The fraction of sp³-hybridized carbons (Fsp3) is 0.167. The van der Waals surface area contributed by atoms with Crippen LogP contribution in [0.1, 0.15) is 24.3 Å². The lowest BCUT2D eigenvalue weighted by Crippen LogP contribution is -2.24. The van der Waals surface area contributed by atoms with Gasteiger partial charge in [0, 0.05) is 36.3 Å². The number of hydrogen-bond donors (Lipinski definition) is 1. The van der Waals surface area contributed by atoms with Crippen molar-refractivity contribution >= 4 is 28.3 Å². The van der Waals surface area contributed by atoms with Gasteiger partial charge in [0.1, 0.15) is 11.5 Å². The van der Waals surface area contributed by atoms with Crippen molar-refractivity contribution in [2.45, 2.75) is 13.8 Å². The van der Waals surface area contributed by atoms with Gasteiger partial charge in [-0.15, -0.1) is 0 Å². The molecule has 0 spiro atoms. The first-order chi connectivity index (χ1) is 14.7. The number of carbonyl (C=O) groups is 1. The van der Waals surface area contributed by atoms with Gasteiger partial charge in [-0.3, -0.25) is 9.78 Å². The maximum atomic E-state index is 13.1. The van der Waals surface area contributed by atoms with Crippen molar-refractivity contribution in [2.75, 3.05) is 23.3 Å². The number of pyridine rings is 1. The predicted octanol–water partition coefficient (Wildman–Crippen LogP) is 4.79. The summed E-state index contributed by atoms with van der Waals surface area (Å²) in [4.78, 5) is 28.9. The normalized spacial score (nSPS) is 10.7. The van der Waals surface area contributed by atoms with Crippen LogP contribution in [0, 0.1) is 0 Å². The van der Waals surface area contributed by atoms with E-state index in [-0.39, 0.29) is 5.91 Å². The highest BCUT2D eigenvalue weighted by Crippen LogP contribution is 2.23. The van der Waals surface area contributed by atoms with Crippen LogP contribution in [-0.2, 0) is 0 Å². The number of anilines is 2. The van der Waals surface area contributed by atoms with Crippen LogP contribution in [0.4, 0.5) is 11.5 Å². The SMILES string of the molecule is CCN(CC)c1cc(C(=O)Nc2cccc3cccnc23)nc(-c2ccccc2)n1. The van der Waals surface area contributed by atoms with Crippen LogP contribution in [0.25, 0.3) is 22.3 Å². The highest BCUT2D eigenvalue weighted by molar-refractivity contribution is 6.07. The number of nitrogens with zero attached hydrogens (tertiary/aromatic N) is 4. The van der Waals surface area contributed by atoms with Crippen LogP contribution >= 0.6 is 0 Å². The topological polar surface area (TPSA) is 71.0 Å². The molecule has 2 aromatic carbocycles. The van der Waals surface area contributed by atoms with E-state index in [1.54, 1.807) is 12.3 Å². The molecular formula is C24H23N5O. The molecule has 0 saturated carbocycles. The summed E-state index contributed by atoms with van der Waals surface area (Å²) in [5, 5.41) is 3.94. The molecule has 2 heterocycles. The Balaban J connectivity index is 1.75. The highest BCUT2D eigenvalue weighted by Gasteiger charge is 2.16. The highest BCUT2D eigenvalue weighted by atomic mass is 16.1. The number of para-hydroxylation sites is 1. The largest absolute Gasteiger partial charge is 0.357 e. The Morgan fingerprint density at radius 1 is 0.933 bits per heavy atom. The Hall–Kier alpha value is -3.80. The lowest BCUT2D eigenvalue weighted by atomic mass is 10.2. The quantitative estimate of drug-likeness (QED) is 0.506. The summed E-state index contributed by atoms with van der Waals surface area (Å²) < 4.78 is 0. The fourth-order valence-electron chi connectivity index (χ4n) is 3.37. The van der Waals surface area contributed by atoms with Gasteiger partial charge in [-0.2, -0.15) is 0 Å². The summed E-state index contributed by atoms with van der Waals surface area (Å²) in [5.74, 6) is 0.970. The maximum Gasteiger partial charge on any atom is 0.274 e. The number of carbonyl (C=O) groups excluding carboxylic acids is 1. The number of aromatic nitrogens is 3. The fourth-order valence-corrected chi connectivity index (χ4v) is 3.37. The second kappa shape index (κ2) is 8.69. The third-order valence-electron chi connectivity index (χ3n) is 4.95. The number of fused-ring (bicyclic) bond motifs is 1. The second-order valence-electron chi connectivity index (χ2n) is 6.81. The molecule has 6 heteroatoms. The molecule has 30 heavy (non-hydrogen) atoms. The summed E-state index contributed by atoms with van der Waals surface area (Å²) >= 11 is 0. The van der Waals surface area contributed by atoms with Gasteiger partial charge in [0.15, 0.2) is 5.82 Å². The first kappa shape index (κ1) is 19.5. The van der Waals surface area contributed by atoms with E-state index in [1.807, 2.05) is 60.7 Å². The van der Waals surface area contributed by atoms with Gasteiger partial charge >= 0.3 is 0 Å². The van der Waals surface area contributed by atoms with Gasteiger partial charge in [-0.05, 0) is 26.0 Å². The van der Waals surface area contributed by atoms with Crippen LogP contribution in [0.3, 0.4) is 0 Å². The number of benzene rings is 2. The second-order valence-corrected chi connectivity index (χ2v) is 6.81. The monoisotopic (exact) mass is 397 g/mol. The van der Waals surface area contributed by atoms with Gasteiger partial charge in [0.25, 0.3) is 5.91 Å². The number of hydrogen-bond acceptors (Lipinski definition) is 5. The van der Waals surface area contributed by atoms with Crippen molar-refractivity contribution in [3.8, 4) is 11.4 Å². The lowest BCUT2D eigenvalue weighted by Gasteiger charge is -2.21. The summed E-state index contributed by atoms with van der Waals surface area (Å²) in [6.07, 6.45) is 1.72. The third kappa shape index (κ3) is 3.98. The standard InChI is InChI=1S/C24H23N5O/c1-3-29(4-2)21-16-20(26-23(28-21)18-10-6-5-7-11-18)24(30)27-19-14-8-12-17-13-9-15-25-22(17)19/h5-16H,3-4H2,1-2H3,(H,27,30). The Bertz CT molecular complexity index is 1170. The van der Waals surface area contributed by atoms with Crippen molar-refractivity contribution in [1.29, 1.82) is 0 Å². The number of nitrogens with one attached hydrogen (secondary N) is 1. The third-order valence-corrected chi connectivity index (χ3v) is 4.95. The molecule has 6 nitrogen and oxygen atoms in total. The van der Waals surface area contributed by atoms with Gasteiger partial charge in [-0.1, -0.05) is 48.5 Å². The zero-order valence-electron chi connectivity index (χ0n) is 17.0. The van der Waals surface area contributed by atoms with E-state index in [9.17, 15) is 4.79 Å². The molecule has 0 radical (unpaired) electrons. The van der Waals surface area contributed by atoms with Crippen molar-refractivity contribution in [2.24, 2.45) is 0 Å². The molecule has 0 aliphatic rings. The molecule has 2 aromatic heterocycles. The smallest absolute Gasteiger partial charge is 0.274 e. The predicted molar refractivity (Wildman–Crippen MR) is 121 cm³/mol. The van der Waals surface area contributed by atoms with Gasteiger partial charge < -0.3 is 10.2 Å². The molecule has 1 amide bonds. The molecule has 0 saturated heterocycles. The van der Waals surface area contributed by atoms with Crippen LogP contribution in [0.2, 0.25) is 0 Å². The molecule has 150 valence electrons. The Kier molecular flexibility index (Phi) is 5.66. The van der Waals surface area contributed by atoms with Crippen molar-refractivity contribution in [3.63, 3.8) is 0 Å². The summed E-state index contributed by atoms with van der Waals surface area (Å²) in [6.45, 7) is 5.71. The first-order valence-corrected chi connectivity index (χ1v) is 10.0. The molecule has 1 N–H and O–H groups in total.